The van der Waals surface area contributed by atoms with Gasteiger partial charge in [0.25, 0.3) is 5.91 Å². The summed E-state index contributed by atoms with van der Waals surface area (Å²) in [5.41, 5.74) is 1.56. The number of aromatic amines is 1. The Hall–Kier alpha value is -2.30. The van der Waals surface area contributed by atoms with Gasteiger partial charge in [-0.25, -0.2) is 0 Å². The normalized spacial score (nSPS) is 10.8. The average molecular weight is 273 g/mol. The van der Waals surface area contributed by atoms with Gasteiger partial charge in [-0.1, -0.05) is 32.0 Å². The molecule has 0 spiro atoms. The van der Waals surface area contributed by atoms with Crippen molar-refractivity contribution in [3.05, 3.63) is 36.0 Å². The number of hydrogen-bond acceptors (Lipinski definition) is 2. The van der Waals surface area contributed by atoms with Gasteiger partial charge in [-0.3, -0.25) is 9.59 Å². The van der Waals surface area contributed by atoms with Crippen LogP contribution < -0.4 is 10.6 Å². The number of carbonyl (C=O) groups excluding carboxylic acids is 2. The smallest absolute Gasteiger partial charge is 0.253 e. The van der Waals surface area contributed by atoms with Gasteiger partial charge in [-0.2, -0.15) is 0 Å². The highest BCUT2D eigenvalue weighted by molar-refractivity contribution is 6.06. The first-order valence-corrected chi connectivity index (χ1v) is 6.71. The van der Waals surface area contributed by atoms with Gasteiger partial charge in [0.2, 0.25) is 5.91 Å². The van der Waals surface area contributed by atoms with Crippen LogP contribution in [0.1, 0.15) is 24.2 Å². The van der Waals surface area contributed by atoms with Crippen molar-refractivity contribution in [2.24, 2.45) is 5.92 Å². The van der Waals surface area contributed by atoms with E-state index in [1.807, 2.05) is 38.1 Å². The van der Waals surface area contributed by atoms with Crippen LogP contribution in [-0.2, 0) is 4.79 Å². The summed E-state index contributed by atoms with van der Waals surface area (Å²) in [6.07, 6.45) is 1.70. The number of benzene rings is 1. The van der Waals surface area contributed by atoms with Crippen LogP contribution in [0.5, 0.6) is 0 Å². The average Bonchev–Trinajstić information content (AvgIpc) is 2.87. The van der Waals surface area contributed by atoms with Crippen molar-refractivity contribution in [3.8, 4) is 0 Å². The van der Waals surface area contributed by atoms with Gasteiger partial charge in [0, 0.05) is 36.1 Å². The van der Waals surface area contributed by atoms with Crippen LogP contribution in [0.15, 0.2) is 30.5 Å². The van der Waals surface area contributed by atoms with Crippen LogP contribution in [-0.4, -0.2) is 29.9 Å². The van der Waals surface area contributed by atoms with Crippen LogP contribution in [0, 0.1) is 5.92 Å². The molecule has 0 fully saturated rings. The van der Waals surface area contributed by atoms with Crippen molar-refractivity contribution in [1.82, 2.24) is 15.6 Å². The third-order valence-electron chi connectivity index (χ3n) is 3.07. The molecule has 106 valence electrons. The number of aromatic nitrogens is 1. The van der Waals surface area contributed by atoms with Crippen molar-refractivity contribution in [2.45, 2.75) is 13.8 Å². The van der Waals surface area contributed by atoms with E-state index in [1.54, 1.807) is 6.20 Å². The second-order valence-electron chi connectivity index (χ2n) is 4.95. The molecule has 0 saturated carbocycles. The number of H-pyrrole nitrogens is 1. The van der Waals surface area contributed by atoms with Crippen molar-refractivity contribution in [2.75, 3.05) is 13.1 Å². The van der Waals surface area contributed by atoms with Gasteiger partial charge >= 0.3 is 0 Å². The van der Waals surface area contributed by atoms with E-state index in [4.69, 9.17) is 0 Å². The minimum atomic E-state index is -0.138. The third kappa shape index (κ3) is 3.17. The predicted molar refractivity (Wildman–Crippen MR) is 78.5 cm³/mol. The number of hydrogen-bond donors (Lipinski definition) is 3. The second-order valence-corrected chi connectivity index (χ2v) is 4.95. The Balaban J connectivity index is 1.88. The maximum absolute atomic E-state index is 12.1. The quantitative estimate of drug-likeness (QED) is 0.725. The number of nitrogens with one attached hydrogen (secondary N) is 3. The second kappa shape index (κ2) is 6.23. The third-order valence-corrected chi connectivity index (χ3v) is 3.07. The molecule has 0 aliphatic heterocycles. The molecule has 3 N–H and O–H groups in total. The lowest BCUT2D eigenvalue weighted by Crippen LogP contribution is -2.36. The van der Waals surface area contributed by atoms with E-state index in [0.717, 1.165) is 10.9 Å². The minimum Gasteiger partial charge on any atom is -0.360 e. The fourth-order valence-corrected chi connectivity index (χ4v) is 1.92. The van der Waals surface area contributed by atoms with E-state index in [9.17, 15) is 9.59 Å². The van der Waals surface area contributed by atoms with E-state index >= 15 is 0 Å². The minimum absolute atomic E-state index is 0.00802. The number of amides is 2. The predicted octanol–water partition coefficient (Wildman–Crippen LogP) is 1.67. The van der Waals surface area contributed by atoms with E-state index in [0.29, 0.717) is 18.7 Å². The highest BCUT2D eigenvalue weighted by Gasteiger charge is 2.11. The van der Waals surface area contributed by atoms with Crippen LogP contribution in [0.25, 0.3) is 10.9 Å². The molecule has 0 aliphatic carbocycles. The zero-order valence-corrected chi connectivity index (χ0v) is 11.7. The molecule has 0 atom stereocenters. The van der Waals surface area contributed by atoms with Crippen LogP contribution in [0.3, 0.4) is 0 Å². The summed E-state index contributed by atoms with van der Waals surface area (Å²) in [6, 6.07) is 7.65. The number of carbonyl (C=O) groups is 2. The fraction of sp³-hybridized carbons (Fsp3) is 0.333. The van der Waals surface area contributed by atoms with E-state index in [2.05, 4.69) is 15.6 Å². The van der Waals surface area contributed by atoms with Crippen molar-refractivity contribution < 1.29 is 9.59 Å². The molecular formula is C15H19N3O2. The molecule has 0 saturated heterocycles. The molecule has 1 aromatic heterocycles. The lowest BCUT2D eigenvalue weighted by Gasteiger charge is -2.08. The fourth-order valence-electron chi connectivity index (χ4n) is 1.92. The van der Waals surface area contributed by atoms with E-state index < -0.39 is 0 Å². The Kier molecular flexibility index (Phi) is 4.40. The maximum Gasteiger partial charge on any atom is 0.253 e. The van der Waals surface area contributed by atoms with Crippen molar-refractivity contribution in [3.63, 3.8) is 0 Å². The van der Waals surface area contributed by atoms with Crippen molar-refractivity contribution in [1.29, 1.82) is 0 Å². The van der Waals surface area contributed by atoms with Gasteiger partial charge in [0.1, 0.15) is 0 Å². The van der Waals surface area contributed by atoms with E-state index in [1.165, 1.54) is 0 Å². The first-order chi connectivity index (χ1) is 9.59. The highest BCUT2D eigenvalue weighted by atomic mass is 16.2. The molecule has 0 aliphatic rings. The zero-order valence-electron chi connectivity index (χ0n) is 11.7. The summed E-state index contributed by atoms with van der Waals surface area (Å²) in [4.78, 5) is 26.5. The van der Waals surface area contributed by atoms with Gasteiger partial charge in [0.15, 0.2) is 0 Å². The summed E-state index contributed by atoms with van der Waals surface area (Å²) in [5.74, 6) is -0.188. The molecule has 5 heteroatoms. The van der Waals surface area contributed by atoms with Gasteiger partial charge in [-0.05, 0) is 6.07 Å². The Labute approximate surface area is 117 Å². The summed E-state index contributed by atoms with van der Waals surface area (Å²) in [6.45, 7) is 4.52. The molecule has 5 nitrogen and oxygen atoms in total. The van der Waals surface area contributed by atoms with Gasteiger partial charge in [0.05, 0.1) is 5.56 Å². The van der Waals surface area contributed by atoms with E-state index in [-0.39, 0.29) is 17.7 Å². The summed E-state index contributed by atoms with van der Waals surface area (Å²) in [7, 11) is 0. The molecule has 0 radical (unpaired) electrons. The highest BCUT2D eigenvalue weighted by Crippen LogP contribution is 2.17. The lowest BCUT2D eigenvalue weighted by molar-refractivity contribution is -0.123. The molecule has 2 aromatic rings. The first kappa shape index (κ1) is 14.1. The molecule has 2 rings (SSSR count). The Morgan fingerprint density at radius 1 is 1.15 bits per heavy atom. The molecule has 0 unspecified atom stereocenters. The zero-order chi connectivity index (χ0) is 14.5. The number of rotatable bonds is 5. The monoisotopic (exact) mass is 273 g/mol. The number of fused-ring (bicyclic) bond motifs is 1. The SMILES string of the molecule is CC(C)C(=O)NCCNC(=O)c1c[nH]c2ccccc12. The van der Waals surface area contributed by atoms with Crippen molar-refractivity contribution >= 4 is 22.7 Å². The molecule has 1 aromatic carbocycles. The number of para-hydroxylation sites is 1. The summed E-state index contributed by atoms with van der Waals surface area (Å²) < 4.78 is 0. The van der Waals surface area contributed by atoms with Gasteiger partial charge < -0.3 is 15.6 Å². The van der Waals surface area contributed by atoms with Gasteiger partial charge in [-0.15, -0.1) is 0 Å². The first-order valence-electron chi connectivity index (χ1n) is 6.71. The van der Waals surface area contributed by atoms with Crippen LogP contribution in [0.4, 0.5) is 0 Å². The summed E-state index contributed by atoms with van der Waals surface area (Å²) in [5, 5.41) is 6.46. The standard InChI is InChI=1S/C15H19N3O2/c1-10(2)14(19)16-7-8-17-15(20)12-9-18-13-6-4-3-5-11(12)13/h3-6,9-10,18H,7-8H2,1-2H3,(H,16,19)(H,17,20). The topological polar surface area (TPSA) is 74.0 Å². The Morgan fingerprint density at radius 3 is 2.60 bits per heavy atom. The largest absolute Gasteiger partial charge is 0.360 e. The lowest BCUT2D eigenvalue weighted by atomic mass is 10.1. The summed E-state index contributed by atoms with van der Waals surface area (Å²) >= 11 is 0. The molecule has 0 bridgehead atoms. The Bertz CT molecular complexity index is 616. The van der Waals surface area contributed by atoms with Crippen LogP contribution >= 0.6 is 0 Å². The molecule has 20 heavy (non-hydrogen) atoms. The molecular weight excluding hydrogens is 254 g/mol. The van der Waals surface area contributed by atoms with Crippen LogP contribution in [0.2, 0.25) is 0 Å². The molecule has 2 amide bonds. The Morgan fingerprint density at radius 2 is 1.85 bits per heavy atom. The maximum atomic E-state index is 12.1. The molecule has 1 heterocycles.